The lowest BCUT2D eigenvalue weighted by Gasteiger charge is -2.15. The van der Waals surface area contributed by atoms with Crippen molar-refractivity contribution in [1.29, 1.82) is 5.26 Å². The Morgan fingerprint density at radius 2 is 2.00 bits per heavy atom. The first kappa shape index (κ1) is 13.8. The van der Waals surface area contributed by atoms with E-state index in [0.717, 1.165) is 16.9 Å². The van der Waals surface area contributed by atoms with Crippen molar-refractivity contribution in [2.24, 2.45) is 0 Å². The Balaban J connectivity index is 2.17. The summed E-state index contributed by atoms with van der Waals surface area (Å²) in [6.07, 6.45) is 4.01. The maximum absolute atomic E-state index is 8.57. The van der Waals surface area contributed by atoms with E-state index < -0.39 is 0 Å². The number of anilines is 1. The summed E-state index contributed by atoms with van der Waals surface area (Å²) in [7, 11) is 3.51. The highest BCUT2D eigenvalue weighted by atomic mass is 16.5. The molecule has 0 amide bonds. The molecule has 20 heavy (non-hydrogen) atoms. The monoisotopic (exact) mass is 268 g/mol. The van der Waals surface area contributed by atoms with Gasteiger partial charge in [-0.15, -0.1) is 0 Å². The fraction of sp³-hybridized carbons (Fsp3) is 0.267. The number of nitrogens with zero attached hydrogens (tertiary/aromatic N) is 4. The van der Waals surface area contributed by atoms with E-state index in [9.17, 15) is 0 Å². The van der Waals surface area contributed by atoms with Gasteiger partial charge in [-0.05, 0) is 17.7 Å². The van der Waals surface area contributed by atoms with E-state index in [1.807, 2.05) is 36.2 Å². The number of aromatic nitrogens is 2. The predicted octanol–water partition coefficient (Wildman–Crippen LogP) is 2.50. The molecular formula is C15H16N4O. The highest BCUT2D eigenvalue weighted by Crippen LogP contribution is 2.23. The van der Waals surface area contributed by atoms with Gasteiger partial charge in [-0.25, -0.2) is 9.97 Å². The minimum Gasteiger partial charge on any atom is -0.497 e. The molecule has 0 aliphatic carbocycles. The molecule has 0 fully saturated rings. The molecule has 0 unspecified atom stereocenters. The van der Waals surface area contributed by atoms with Crippen LogP contribution >= 0.6 is 0 Å². The molecule has 1 aromatic carbocycles. The molecule has 0 N–H and O–H groups in total. The molecule has 0 spiro atoms. The van der Waals surface area contributed by atoms with Gasteiger partial charge in [-0.1, -0.05) is 12.1 Å². The van der Waals surface area contributed by atoms with Crippen LogP contribution < -0.4 is 9.64 Å². The van der Waals surface area contributed by atoms with Crippen molar-refractivity contribution in [3.05, 3.63) is 36.7 Å². The van der Waals surface area contributed by atoms with Crippen LogP contribution in [0.25, 0.3) is 11.1 Å². The van der Waals surface area contributed by atoms with Crippen LogP contribution in [-0.4, -0.2) is 30.7 Å². The summed E-state index contributed by atoms with van der Waals surface area (Å²) in [5.41, 5.74) is 1.94. The van der Waals surface area contributed by atoms with Crippen molar-refractivity contribution in [3.63, 3.8) is 0 Å². The van der Waals surface area contributed by atoms with Crippen LogP contribution in [0.15, 0.2) is 36.7 Å². The molecule has 0 aliphatic rings. The van der Waals surface area contributed by atoms with E-state index in [0.29, 0.717) is 18.9 Å². The minimum absolute atomic E-state index is 0.456. The molecular weight excluding hydrogens is 252 g/mol. The minimum atomic E-state index is 0.456. The summed E-state index contributed by atoms with van der Waals surface area (Å²) < 4.78 is 5.20. The largest absolute Gasteiger partial charge is 0.497 e. The lowest BCUT2D eigenvalue weighted by Crippen LogP contribution is -2.20. The van der Waals surface area contributed by atoms with Crippen LogP contribution in [0.4, 0.5) is 5.95 Å². The third-order valence-electron chi connectivity index (χ3n) is 2.94. The Morgan fingerprint density at radius 1 is 1.25 bits per heavy atom. The number of rotatable bonds is 5. The highest BCUT2D eigenvalue weighted by molar-refractivity contribution is 5.63. The molecule has 5 nitrogen and oxygen atoms in total. The first-order valence-electron chi connectivity index (χ1n) is 6.29. The Hall–Kier alpha value is -2.61. The Labute approximate surface area is 118 Å². The smallest absolute Gasteiger partial charge is 0.225 e. The first-order valence-corrected chi connectivity index (χ1v) is 6.29. The standard InChI is InChI=1S/C15H16N4O/c1-19(8-4-7-16)15-17-10-13(11-18-15)12-5-3-6-14(9-12)20-2/h3,5-6,9-11H,4,8H2,1-2H3. The normalized spacial score (nSPS) is 9.85. The number of hydrogen-bond acceptors (Lipinski definition) is 5. The Bertz CT molecular complexity index is 604. The third-order valence-corrected chi connectivity index (χ3v) is 2.94. The SMILES string of the molecule is COc1cccc(-c2cnc(N(C)CCC#N)nc2)c1. The quantitative estimate of drug-likeness (QED) is 0.833. The van der Waals surface area contributed by atoms with Gasteiger partial charge in [-0.3, -0.25) is 0 Å². The Morgan fingerprint density at radius 3 is 2.65 bits per heavy atom. The third kappa shape index (κ3) is 3.23. The van der Waals surface area contributed by atoms with Crippen LogP contribution in [0.2, 0.25) is 0 Å². The molecule has 1 aromatic heterocycles. The fourth-order valence-electron chi connectivity index (χ4n) is 1.79. The second-order valence-corrected chi connectivity index (χ2v) is 4.33. The summed E-state index contributed by atoms with van der Waals surface area (Å²) in [5, 5.41) is 8.57. The molecule has 1 heterocycles. The van der Waals surface area contributed by atoms with Crippen molar-refractivity contribution >= 4 is 5.95 Å². The van der Waals surface area contributed by atoms with Crippen LogP contribution in [0.5, 0.6) is 5.75 Å². The van der Waals surface area contributed by atoms with Gasteiger partial charge in [-0.2, -0.15) is 5.26 Å². The summed E-state index contributed by atoms with van der Waals surface area (Å²) >= 11 is 0. The molecule has 0 radical (unpaired) electrons. The average Bonchev–Trinajstić information content (AvgIpc) is 2.52. The molecule has 0 saturated carbocycles. The van der Waals surface area contributed by atoms with Crippen LogP contribution in [0, 0.1) is 11.3 Å². The second kappa shape index (κ2) is 6.53. The predicted molar refractivity (Wildman–Crippen MR) is 77.5 cm³/mol. The molecule has 0 aliphatic heterocycles. The van der Waals surface area contributed by atoms with Gasteiger partial charge in [0.25, 0.3) is 0 Å². The zero-order valence-electron chi connectivity index (χ0n) is 11.6. The van der Waals surface area contributed by atoms with Crippen molar-refractivity contribution in [1.82, 2.24) is 9.97 Å². The van der Waals surface area contributed by atoms with Crippen molar-refractivity contribution < 1.29 is 4.74 Å². The molecule has 2 rings (SSSR count). The fourth-order valence-corrected chi connectivity index (χ4v) is 1.79. The van der Waals surface area contributed by atoms with E-state index in [-0.39, 0.29) is 0 Å². The highest BCUT2D eigenvalue weighted by Gasteiger charge is 2.05. The van der Waals surface area contributed by atoms with Crippen molar-refractivity contribution in [2.45, 2.75) is 6.42 Å². The lowest BCUT2D eigenvalue weighted by molar-refractivity contribution is 0.415. The number of nitriles is 1. The molecule has 0 atom stereocenters. The van der Waals surface area contributed by atoms with Gasteiger partial charge in [0.15, 0.2) is 0 Å². The van der Waals surface area contributed by atoms with E-state index in [1.165, 1.54) is 0 Å². The summed E-state index contributed by atoms with van der Waals surface area (Å²) in [6.45, 7) is 0.620. The zero-order valence-corrected chi connectivity index (χ0v) is 11.6. The van der Waals surface area contributed by atoms with Gasteiger partial charge >= 0.3 is 0 Å². The lowest BCUT2D eigenvalue weighted by atomic mass is 10.1. The van der Waals surface area contributed by atoms with Gasteiger partial charge in [0.05, 0.1) is 19.6 Å². The van der Waals surface area contributed by atoms with Gasteiger partial charge in [0, 0.05) is 31.5 Å². The van der Waals surface area contributed by atoms with Crippen LogP contribution in [0.1, 0.15) is 6.42 Å². The summed E-state index contributed by atoms with van der Waals surface area (Å²) in [6, 6.07) is 9.86. The van der Waals surface area contributed by atoms with E-state index in [1.54, 1.807) is 19.5 Å². The first-order chi connectivity index (χ1) is 9.74. The topological polar surface area (TPSA) is 62.0 Å². The molecule has 0 bridgehead atoms. The number of ether oxygens (including phenoxy) is 1. The molecule has 102 valence electrons. The van der Waals surface area contributed by atoms with Gasteiger partial charge < -0.3 is 9.64 Å². The maximum atomic E-state index is 8.57. The average molecular weight is 268 g/mol. The summed E-state index contributed by atoms with van der Waals surface area (Å²) in [4.78, 5) is 10.5. The number of hydrogen-bond donors (Lipinski definition) is 0. The maximum Gasteiger partial charge on any atom is 0.225 e. The van der Waals surface area contributed by atoms with Crippen LogP contribution in [-0.2, 0) is 0 Å². The van der Waals surface area contributed by atoms with Gasteiger partial charge in [0.1, 0.15) is 5.75 Å². The number of methoxy groups -OCH3 is 1. The van der Waals surface area contributed by atoms with E-state index >= 15 is 0 Å². The van der Waals surface area contributed by atoms with E-state index in [2.05, 4.69) is 16.0 Å². The molecule has 2 aromatic rings. The van der Waals surface area contributed by atoms with E-state index in [4.69, 9.17) is 10.00 Å². The van der Waals surface area contributed by atoms with Gasteiger partial charge in [0.2, 0.25) is 5.95 Å². The zero-order chi connectivity index (χ0) is 14.4. The van der Waals surface area contributed by atoms with Crippen molar-refractivity contribution in [2.75, 3.05) is 25.6 Å². The second-order valence-electron chi connectivity index (χ2n) is 4.33. The Kier molecular flexibility index (Phi) is 4.51. The van der Waals surface area contributed by atoms with Crippen molar-refractivity contribution in [3.8, 4) is 22.9 Å². The van der Waals surface area contributed by atoms with Crippen LogP contribution in [0.3, 0.4) is 0 Å². The molecule has 5 heteroatoms. The number of benzene rings is 1. The molecule has 0 saturated heterocycles. The summed E-state index contributed by atoms with van der Waals surface area (Å²) in [5.74, 6) is 1.42.